The molecule has 128 valence electrons. The molecule has 1 fully saturated rings. The van der Waals surface area contributed by atoms with Crippen molar-refractivity contribution in [2.45, 2.75) is 32.6 Å². The molecule has 2 aliphatic rings. The Balaban J connectivity index is 1.60. The van der Waals surface area contributed by atoms with Crippen LogP contribution in [0.5, 0.6) is 0 Å². The predicted molar refractivity (Wildman–Crippen MR) is 92.9 cm³/mol. The van der Waals surface area contributed by atoms with Crippen molar-refractivity contribution in [2.24, 2.45) is 5.92 Å². The van der Waals surface area contributed by atoms with Crippen molar-refractivity contribution in [3.63, 3.8) is 0 Å². The maximum atomic E-state index is 12.2. The number of hydrogen-bond acceptors (Lipinski definition) is 5. The first-order valence-electron chi connectivity index (χ1n) is 8.40. The van der Waals surface area contributed by atoms with Crippen molar-refractivity contribution in [3.8, 4) is 6.07 Å². The zero-order valence-electron chi connectivity index (χ0n) is 13.9. The first-order chi connectivity index (χ1) is 11.6. The van der Waals surface area contributed by atoms with Gasteiger partial charge in [-0.2, -0.15) is 5.26 Å². The summed E-state index contributed by atoms with van der Waals surface area (Å²) in [6.07, 6.45) is 3.35. The number of nitrogens with zero attached hydrogens (tertiary/aromatic N) is 2. The Hall–Kier alpha value is -1.91. The molecule has 24 heavy (non-hydrogen) atoms. The predicted octanol–water partition coefficient (Wildman–Crippen LogP) is 1.50. The third-order valence-electron chi connectivity index (χ3n) is 4.65. The molecule has 0 saturated carbocycles. The summed E-state index contributed by atoms with van der Waals surface area (Å²) in [4.78, 5) is 26.8. The van der Waals surface area contributed by atoms with Gasteiger partial charge in [-0.1, -0.05) is 6.92 Å². The Morgan fingerprint density at radius 3 is 3.12 bits per heavy atom. The topological polar surface area (TPSA) is 85.2 Å². The molecule has 2 heterocycles. The molecule has 0 aromatic carbocycles. The third-order valence-corrected chi connectivity index (χ3v) is 5.82. The van der Waals surface area contributed by atoms with Crippen LogP contribution in [0, 0.1) is 17.2 Å². The Bertz CT molecular complexity index is 691. The van der Waals surface area contributed by atoms with Crippen LogP contribution in [0.3, 0.4) is 0 Å². The van der Waals surface area contributed by atoms with Gasteiger partial charge in [0, 0.05) is 30.9 Å². The first-order valence-corrected chi connectivity index (χ1v) is 9.22. The highest BCUT2D eigenvalue weighted by Crippen LogP contribution is 2.39. The summed E-state index contributed by atoms with van der Waals surface area (Å²) in [5, 5.41) is 15.8. The van der Waals surface area contributed by atoms with Gasteiger partial charge in [0.05, 0.1) is 12.1 Å². The lowest BCUT2D eigenvalue weighted by Gasteiger charge is -2.25. The maximum Gasteiger partial charge on any atom is 0.234 e. The zero-order valence-corrected chi connectivity index (χ0v) is 14.7. The molecule has 1 aliphatic carbocycles. The number of rotatable bonds is 4. The average Bonchev–Trinajstić information content (AvgIpc) is 2.89. The van der Waals surface area contributed by atoms with E-state index in [4.69, 9.17) is 0 Å². The average molecular weight is 346 g/mol. The number of anilines is 1. The minimum absolute atomic E-state index is 0.00785. The van der Waals surface area contributed by atoms with E-state index in [1.807, 2.05) is 4.90 Å². The molecule has 1 aromatic rings. The second kappa shape index (κ2) is 7.32. The summed E-state index contributed by atoms with van der Waals surface area (Å²) < 4.78 is 0. The summed E-state index contributed by atoms with van der Waals surface area (Å²) in [6.45, 7) is 4.54. The van der Waals surface area contributed by atoms with E-state index in [1.54, 1.807) is 11.3 Å². The second-order valence-electron chi connectivity index (χ2n) is 6.59. The quantitative estimate of drug-likeness (QED) is 0.865. The van der Waals surface area contributed by atoms with Crippen molar-refractivity contribution >= 4 is 28.2 Å². The van der Waals surface area contributed by atoms with Gasteiger partial charge in [-0.05, 0) is 30.7 Å². The van der Waals surface area contributed by atoms with E-state index in [0.717, 1.165) is 31.4 Å². The molecule has 0 unspecified atom stereocenters. The zero-order chi connectivity index (χ0) is 17.1. The third kappa shape index (κ3) is 3.77. The number of amides is 2. The van der Waals surface area contributed by atoms with Gasteiger partial charge in [0.2, 0.25) is 11.8 Å². The van der Waals surface area contributed by atoms with Gasteiger partial charge in [0.1, 0.15) is 11.1 Å². The molecule has 1 saturated heterocycles. The van der Waals surface area contributed by atoms with E-state index >= 15 is 0 Å². The Morgan fingerprint density at radius 1 is 1.54 bits per heavy atom. The minimum atomic E-state index is -0.0934. The van der Waals surface area contributed by atoms with E-state index in [0.29, 0.717) is 42.5 Å². The standard InChI is InChI=1S/C17H22N4O2S/c1-11-2-3-12-13(9-18)17(24-14(12)8-11)20-15(22)4-6-21-7-5-19-16(23)10-21/h11H,2-8,10H2,1H3,(H,19,23)(H,20,22)/t11-/m1/s1. The van der Waals surface area contributed by atoms with Gasteiger partial charge in [0.15, 0.2) is 0 Å². The molecule has 1 aliphatic heterocycles. The number of fused-ring (bicyclic) bond motifs is 1. The van der Waals surface area contributed by atoms with Crippen LogP contribution >= 0.6 is 11.3 Å². The normalized spacial score (nSPS) is 20.8. The highest BCUT2D eigenvalue weighted by Gasteiger charge is 2.25. The molecule has 0 spiro atoms. The van der Waals surface area contributed by atoms with Crippen LogP contribution in [0.4, 0.5) is 5.00 Å². The Kier molecular flexibility index (Phi) is 5.17. The van der Waals surface area contributed by atoms with Gasteiger partial charge in [-0.3, -0.25) is 14.5 Å². The summed E-state index contributed by atoms with van der Waals surface area (Å²) in [7, 11) is 0. The van der Waals surface area contributed by atoms with E-state index in [1.165, 1.54) is 4.88 Å². The van der Waals surface area contributed by atoms with E-state index in [9.17, 15) is 14.9 Å². The molecule has 0 radical (unpaired) electrons. The lowest BCUT2D eigenvalue weighted by Crippen LogP contribution is -2.48. The van der Waals surface area contributed by atoms with Crippen molar-refractivity contribution in [3.05, 3.63) is 16.0 Å². The number of carbonyl (C=O) groups excluding carboxylic acids is 2. The van der Waals surface area contributed by atoms with Crippen molar-refractivity contribution in [1.82, 2.24) is 10.2 Å². The summed E-state index contributed by atoms with van der Waals surface area (Å²) in [6, 6.07) is 2.27. The highest BCUT2D eigenvalue weighted by molar-refractivity contribution is 7.16. The molecular weight excluding hydrogens is 324 g/mol. The van der Waals surface area contributed by atoms with Crippen LogP contribution in [0.25, 0.3) is 0 Å². The fourth-order valence-corrected chi connectivity index (χ4v) is 4.67. The highest BCUT2D eigenvalue weighted by atomic mass is 32.1. The lowest BCUT2D eigenvalue weighted by molar-refractivity contribution is -0.125. The Labute approximate surface area is 145 Å². The van der Waals surface area contributed by atoms with Crippen LogP contribution in [0.2, 0.25) is 0 Å². The lowest BCUT2D eigenvalue weighted by atomic mass is 9.89. The molecule has 6 nitrogen and oxygen atoms in total. The van der Waals surface area contributed by atoms with E-state index in [-0.39, 0.29) is 11.8 Å². The molecular formula is C17H22N4O2S. The summed E-state index contributed by atoms with van der Waals surface area (Å²) in [5.74, 6) is 0.550. The van der Waals surface area contributed by atoms with Crippen LogP contribution in [0.15, 0.2) is 0 Å². The molecule has 7 heteroatoms. The monoisotopic (exact) mass is 346 g/mol. The number of carbonyl (C=O) groups is 2. The number of hydrogen-bond donors (Lipinski definition) is 2. The fraction of sp³-hybridized carbons (Fsp3) is 0.588. The molecule has 2 N–H and O–H groups in total. The summed E-state index contributed by atoms with van der Waals surface area (Å²) >= 11 is 1.55. The number of thiophene rings is 1. The maximum absolute atomic E-state index is 12.2. The van der Waals surface area contributed by atoms with Crippen LogP contribution in [-0.2, 0) is 22.4 Å². The van der Waals surface area contributed by atoms with Gasteiger partial charge in [-0.25, -0.2) is 0 Å². The van der Waals surface area contributed by atoms with Crippen LogP contribution in [0.1, 0.15) is 35.8 Å². The smallest absolute Gasteiger partial charge is 0.234 e. The minimum Gasteiger partial charge on any atom is -0.354 e. The molecule has 0 bridgehead atoms. The largest absolute Gasteiger partial charge is 0.354 e. The van der Waals surface area contributed by atoms with Gasteiger partial charge in [0.25, 0.3) is 0 Å². The van der Waals surface area contributed by atoms with Crippen LogP contribution in [-0.4, -0.2) is 42.9 Å². The SMILES string of the molecule is C[C@@H]1CCc2c(sc(NC(=O)CCN3CCNC(=O)C3)c2C#N)C1. The number of piperazine rings is 1. The second-order valence-corrected chi connectivity index (χ2v) is 7.70. The molecule has 3 rings (SSSR count). The van der Waals surface area contributed by atoms with Crippen molar-refractivity contribution < 1.29 is 9.59 Å². The molecule has 1 aromatic heterocycles. The summed E-state index contributed by atoms with van der Waals surface area (Å²) in [5.41, 5.74) is 1.77. The van der Waals surface area contributed by atoms with Crippen molar-refractivity contribution in [1.29, 1.82) is 5.26 Å². The first kappa shape index (κ1) is 16.9. The van der Waals surface area contributed by atoms with Crippen molar-refractivity contribution in [2.75, 3.05) is 31.5 Å². The van der Waals surface area contributed by atoms with E-state index < -0.39 is 0 Å². The van der Waals surface area contributed by atoms with E-state index in [2.05, 4.69) is 23.6 Å². The van der Waals surface area contributed by atoms with Gasteiger partial charge >= 0.3 is 0 Å². The number of nitriles is 1. The van der Waals surface area contributed by atoms with Crippen LogP contribution < -0.4 is 10.6 Å². The number of nitrogens with one attached hydrogen (secondary N) is 2. The van der Waals surface area contributed by atoms with Gasteiger partial charge in [-0.15, -0.1) is 11.3 Å². The fourth-order valence-electron chi connectivity index (χ4n) is 3.29. The molecule has 1 atom stereocenters. The Morgan fingerprint density at radius 2 is 2.38 bits per heavy atom. The molecule has 2 amide bonds. The van der Waals surface area contributed by atoms with Gasteiger partial charge < -0.3 is 10.6 Å².